The minimum atomic E-state index is -1.93. The molecule has 0 aromatic heterocycles. The second-order valence-corrected chi connectivity index (χ2v) is 12.7. The highest BCUT2D eigenvalue weighted by Crippen LogP contribution is 2.41. The molecular weight excluding hydrogens is 310 g/mol. The maximum atomic E-state index is 9.03. The molecule has 0 radical (unpaired) electrons. The molecule has 3 heteroatoms. The number of benzene rings is 2. The molecule has 0 saturated carbocycles. The molecule has 2 nitrogen and oxygen atoms in total. The van der Waals surface area contributed by atoms with E-state index >= 15 is 0 Å². The third-order valence-corrected chi connectivity index (χ3v) is 9.38. The van der Waals surface area contributed by atoms with Crippen molar-refractivity contribution >= 4 is 8.32 Å². The van der Waals surface area contributed by atoms with Gasteiger partial charge < -0.3 is 4.43 Å². The highest BCUT2D eigenvalue weighted by Gasteiger charge is 2.39. The number of hydrogen-bond acceptors (Lipinski definition) is 2. The molecule has 2 rings (SSSR count). The zero-order chi connectivity index (χ0) is 18.0. The van der Waals surface area contributed by atoms with Crippen LogP contribution in [0.3, 0.4) is 0 Å². The van der Waals surface area contributed by atoms with Crippen molar-refractivity contribution in [2.75, 3.05) is 0 Å². The summed E-state index contributed by atoms with van der Waals surface area (Å²) in [5.74, 6) is 0. The number of nitrogens with zero attached hydrogens (tertiary/aromatic N) is 1. The Hall–Kier alpha value is -1.89. The van der Waals surface area contributed by atoms with Crippen molar-refractivity contribution in [3.05, 3.63) is 70.8 Å². The van der Waals surface area contributed by atoms with E-state index in [0.29, 0.717) is 5.56 Å². The van der Waals surface area contributed by atoms with Crippen molar-refractivity contribution in [2.45, 2.75) is 51.9 Å². The van der Waals surface area contributed by atoms with Crippen molar-refractivity contribution in [3.8, 4) is 6.07 Å². The molecule has 0 heterocycles. The van der Waals surface area contributed by atoms with Crippen LogP contribution in [-0.2, 0) is 4.43 Å². The highest BCUT2D eigenvalue weighted by atomic mass is 28.4. The fraction of sp³-hybridized carbons (Fsp3) is 0.381. The highest BCUT2D eigenvalue weighted by molar-refractivity contribution is 6.74. The normalized spacial score (nSPS) is 13.4. The Morgan fingerprint density at radius 1 is 0.917 bits per heavy atom. The Morgan fingerprint density at radius 2 is 1.38 bits per heavy atom. The van der Waals surface area contributed by atoms with Gasteiger partial charge in [-0.05, 0) is 48.3 Å². The van der Waals surface area contributed by atoms with Crippen LogP contribution in [0, 0.1) is 18.3 Å². The largest absolute Gasteiger partial charge is 0.406 e. The molecule has 0 amide bonds. The predicted molar refractivity (Wildman–Crippen MR) is 102 cm³/mol. The number of hydrogen-bond donors (Lipinski definition) is 0. The maximum Gasteiger partial charge on any atom is 0.193 e. The van der Waals surface area contributed by atoms with Crippen LogP contribution in [-0.4, -0.2) is 8.32 Å². The molecule has 0 aliphatic rings. The molecule has 1 unspecified atom stereocenters. The van der Waals surface area contributed by atoms with Crippen LogP contribution in [0.25, 0.3) is 0 Å². The van der Waals surface area contributed by atoms with Gasteiger partial charge in [0.2, 0.25) is 0 Å². The summed E-state index contributed by atoms with van der Waals surface area (Å²) in [6.45, 7) is 13.4. The molecule has 0 fully saturated rings. The van der Waals surface area contributed by atoms with Gasteiger partial charge in [-0.1, -0.05) is 62.7 Å². The van der Waals surface area contributed by atoms with Gasteiger partial charge in [-0.2, -0.15) is 5.26 Å². The summed E-state index contributed by atoms with van der Waals surface area (Å²) in [4.78, 5) is 0. The molecule has 0 saturated heterocycles. The van der Waals surface area contributed by atoms with Crippen LogP contribution in [0.4, 0.5) is 0 Å². The zero-order valence-corrected chi connectivity index (χ0v) is 16.6. The zero-order valence-electron chi connectivity index (χ0n) is 15.6. The van der Waals surface area contributed by atoms with E-state index in [-0.39, 0.29) is 11.1 Å². The molecule has 2 aromatic rings. The first kappa shape index (κ1) is 18.4. The minimum absolute atomic E-state index is 0.0979. The predicted octanol–water partition coefficient (Wildman–Crippen LogP) is 5.98. The monoisotopic (exact) mass is 337 g/mol. The lowest BCUT2D eigenvalue weighted by Crippen LogP contribution is -2.42. The Kier molecular flexibility index (Phi) is 5.32. The van der Waals surface area contributed by atoms with Crippen LogP contribution in [0.1, 0.15) is 49.1 Å². The minimum Gasteiger partial charge on any atom is -0.406 e. The fourth-order valence-corrected chi connectivity index (χ4v) is 3.49. The first-order valence-electron chi connectivity index (χ1n) is 8.38. The van der Waals surface area contributed by atoms with Crippen LogP contribution < -0.4 is 0 Å². The van der Waals surface area contributed by atoms with Gasteiger partial charge in [0.15, 0.2) is 8.32 Å². The van der Waals surface area contributed by atoms with Gasteiger partial charge in [-0.15, -0.1) is 0 Å². The quantitative estimate of drug-likeness (QED) is 0.643. The third kappa shape index (κ3) is 4.14. The molecule has 24 heavy (non-hydrogen) atoms. The maximum absolute atomic E-state index is 9.03. The molecule has 0 aliphatic carbocycles. The number of nitriles is 1. The first-order chi connectivity index (χ1) is 11.1. The van der Waals surface area contributed by atoms with E-state index in [9.17, 15) is 0 Å². The van der Waals surface area contributed by atoms with Gasteiger partial charge in [-0.25, -0.2) is 0 Å². The number of aryl methyl sites for hydroxylation is 1. The van der Waals surface area contributed by atoms with E-state index in [4.69, 9.17) is 9.69 Å². The van der Waals surface area contributed by atoms with Crippen LogP contribution in [0.15, 0.2) is 48.5 Å². The lowest BCUT2D eigenvalue weighted by Gasteiger charge is -2.39. The lowest BCUT2D eigenvalue weighted by molar-refractivity contribution is 0.222. The van der Waals surface area contributed by atoms with E-state index in [1.54, 1.807) is 0 Å². The molecule has 126 valence electrons. The lowest BCUT2D eigenvalue weighted by atomic mass is 10.00. The Morgan fingerprint density at radius 3 is 1.79 bits per heavy atom. The molecule has 0 N–H and O–H groups in total. The van der Waals surface area contributed by atoms with Gasteiger partial charge in [0.1, 0.15) is 0 Å². The summed E-state index contributed by atoms with van der Waals surface area (Å²) >= 11 is 0. The van der Waals surface area contributed by atoms with Crippen molar-refractivity contribution in [3.63, 3.8) is 0 Å². The summed E-state index contributed by atoms with van der Waals surface area (Å²) in [6, 6.07) is 18.5. The topological polar surface area (TPSA) is 33.0 Å². The van der Waals surface area contributed by atoms with Crippen molar-refractivity contribution in [1.29, 1.82) is 5.26 Å². The van der Waals surface area contributed by atoms with Crippen molar-refractivity contribution < 1.29 is 4.43 Å². The molecule has 0 aliphatic heterocycles. The van der Waals surface area contributed by atoms with Gasteiger partial charge in [0, 0.05) is 0 Å². The van der Waals surface area contributed by atoms with Crippen LogP contribution >= 0.6 is 0 Å². The summed E-state index contributed by atoms with van der Waals surface area (Å²) in [6.07, 6.45) is -0.0979. The first-order valence-corrected chi connectivity index (χ1v) is 11.3. The molecule has 1 atom stereocenters. The number of rotatable bonds is 4. The average Bonchev–Trinajstić information content (AvgIpc) is 2.53. The van der Waals surface area contributed by atoms with E-state index < -0.39 is 8.32 Å². The third-order valence-electron chi connectivity index (χ3n) is 4.94. The SMILES string of the molecule is Cc1ccc(C(O[Si](C)(C)C(C)(C)C)c2ccc(C#N)cc2)cc1. The molecular formula is C21H27NOSi. The fourth-order valence-electron chi connectivity index (χ4n) is 2.27. The summed E-state index contributed by atoms with van der Waals surface area (Å²) in [5.41, 5.74) is 4.18. The Labute approximate surface area is 147 Å². The standard InChI is InChI=1S/C21H27NOSi/c1-16-7-11-18(12-8-16)20(23-24(5,6)21(2,3)4)19-13-9-17(15-22)10-14-19/h7-14,20H,1-6H3. The molecule has 2 aromatic carbocycles. The van der Waals surface area contributed by atoms with E-state index in [2.05, 4.69) is 71.1 Å². The van der Waals surface area contributed by atoms with Gasteiger partial charge >= 0.3 is 0 Å². The van der Waals surface area contributed by atoms with E-state index in [1.807, 2.05) is 24.3 Å². The van der Waals surface area contributed by atoms with Crippen LogP contribution in [0.5, 0.6) is 0 Å². The smallest absolute Gasteiger partial charge is 0.193 e. The summed E-state index contributed by atoms with van der Waals surface area (Å²) < 4.78 is 6.74. The van der Waals surface area contributed by atoms with Gasteiger partial charge in [-0.3, -0.25) is 0 Å². The second kappa shape index (κ2) is 6.92. The van der Waals surface area contributed by atoms with Gasteiger partial charge in [0.25, 0.3) is 0 Å². The van der Waals surface area contributed by atoms with Gasteiger partial charge in [0.05, 0.1) is 17.7 Å². The van der Waals surface area contributed by atoms with E-state index in [0.717, 1.165) is 11.1 Å². The summed E-state index contributed by atoms with van der Waals surface area (Å²) in [5, 5.41) is 9.17. The molecule has 0 spiro atoms. The van der Waals surface area contributed by atoms with E-state index in [1.165, 1.54) is 5.56 Å². The summed E-state index contributed by atoms with van der Waals surface area (Å²) in [7, 11) is -1.93. The van der Waals surface area contributed by atoms with Crippen LogP contribution in [0.2, 0.25) is 18.1 Å². The molecule has 0 bridgehead atoms. The Bertz CT molecular complexity index is 718. The van der Waals surface area contributed by atoms with Crippen molar-refractivity contribution in [1.82, 2.24) is 0 Å². The van der Waals surface area contributed by atoms with Crippen molar-refractivity contribution in [2.24, 2.45) is 0 Å². The second-order valence-electron chi connectivity index (χ2n) is 7.90. The average molecular weight is 338 g/mol. The Balaban J connectivity index is 2.45.